The summed E-state index contributed by atoms with van der Waals surface area (Å²) in [5, 5.41) is 0. The summed E-state index contributed by atoms with van der Waals surface area (Å²) in [6, 6.07) is 14.6. The van der Waals surface area contributed by atoms with Crippen molar-refractivity contribution in [2.75, 3.05) is 0 Å². The molecule has 98 valence electrons. The van der Waals surface area contributed by atoms with Crippen molar-refractivity contribution in [3.63, 3.8) is 0 Å². The normalized spacial score (nSPS) is 21.6. The molecule has 0 aliphatic carbocycles. The second-order valence-electron chi connectivity index (χ2n) is 5.35. The maximum Gasteiger partial charge on any atom is 0.126 e. The fourth-order valence-corrected chi connectivity index (χ4v) is 2.83. The van der Waals surface area contributed by atoms with Gasteiger partial charge in [0.2, 0.25) is 0 Å². The number of ether oxygens (including phenoxy) is 1. The van der Waals surface area contributed by atoms with Crippen LogP contribution < -0.4 is 10.5 Å². The zero-order valence-corrected chi connectivity index (χ0v) is 11.4. The van der Waals surface area contributed by atoms with Gasteiger partial charge in [0.15, 0.2) is 0 Å². The lowest BCUT2D eigenvalue weighted by Crippen LogP contribution is -2.24. The largest absolute Gasteiger partial charge is 0.485 e. The highest BCUT2D eigenvalue weighted by atomic mass is 16.5. The second kappa shape index (κ2) is 4.71. The van der Waals surface area contributed by atoms with Crippen LogP contribution in [0.15, 0.2) is 42.5 Å². The zero-order valence-electron chi connectivity index (χ0n) is 11.4. The highest BCUT2D eigenvalue weighted by molar-refractivity contribution is 5.40. The number of hydrogen-bond donors (Lipinski definition) is 1. The van der Waals surface area contributed by atoms with Crippen molar-refractivity contribution in [1.29, 1.82) is 0 Å². The van der Waals surface area contributed by atoms with Crippen molar-refractivity contribution >= 4 is 0 Å². The molecular formula is C17H19NO. The van der Waals surface area contributed by atoms with Crippen LogP contribution in [0.2, 0.25) is 0 Å². The van der Waals surface area contributed by atoms with E-state index >= 15 is 0 Å². The van der Waals surface area contributed by atoms with Gasteiger partial charge in [0.25, 0.3) is 0 Å². The van der Waals surface area contributed by atoms with Crippen LogP contribution in [-0.4, -0.2) is 0 Å². The van der Waals surface area contributed by atoms with Gasteiger partial charge in [-0.3, -0.25) is 0 Å². The van der Waals surface area contributed by atoms with Gasteiger partial charge in [-0.2, -0.15) is 0 Å². The predicted molar refractivity (Wildman–Crippen MR) is 77.3 cm³/mol. The van der Waals surface area contributed by atoms with Gasteiger partial charge in [-0.15, -0.1) is 0 Å². The Labute approximate surface area is 114 Å². The number of fused-ring (bicyclic) bond motifs is 1. The number of hydrogen-bond acceptors (Lipinski definition) is 2. The molecule has 2 aromatic rings. The second-order valence-corrected chi connectivity index (χ2v) is 5.35. The van der Waals surface area contributed by atoms with Crippen molar-refractivity contribution in [2.24, 2.45) is 5.73 Å². The van der Waals surface area contributed by atoms with E-state index in [9.17, 15) is 0 Å². The SMILES string of the molecule is Cc1ccc(C2C[C@@H](N)c3ccccc3O2)c(C)c1. The molecule has 0 saturated heterocycles. The Hall–Kier alpha value is -1.80. The Morgan fingerprint density at radius 2 is 1.84 bits per heavy atom. The van der Waals surface area contributed by atoms with Crippen molar-refractivity contribution in [1.82, 2.24) is 0 Å². The van der Waals surface area contributed by atoms with Crippen LogP contribution in [0.1, 0.15) is 40.8 Å². The summed E-state index contributed by atoms with van der Waals surface area (Å²) < 4.78 is 6.13. The highest BCUT2D eigenvalue weighted by Crippen LogP contribution is 2.40. The van der Waals surface area contributed by atoms with Crippen molar-refractivity contribution < 1.29 is 4.74 Å². The Balaban J connectivity index is 1.97. The van der Waals surface area contributed by atoms with Gasteiger partial charge in [-0.25, -0.2) is 0 Å². The van der Waals surface area contributed by atoms with Crippen LogP contribution in [-0.2, 0) is 0 Å². The van der Waals surface area contributed by atoms with Crippen LogP contribution in [0.4, 0.5) is 0 Å². The number of rotatable bonds is 1. The molecule has 2 aromatic carbocycles. The molecule has 0 bridgehead atoms. The highest BCUT2D eigenvalue weighted by Gasteiger charge is 2.27. The summed E-state index contributed by atoms with van der Waals surface area (Å²) >= 11 is 0. The Morgan fingerprint density at radius 3 is 2.63 bits per heavy atom. The molecule has 2 nitrogen and oxygen atoms in total. The molecule has 1 heterocycles. The molecule has 0 saturated carbocycles. The van der Waals surface area contributed by atoms with E-state index in [2.05, 4.69) is 38.1 Å². The van der Waals surface area contributed by atoms with Crippen LogP contribution in [0, 0.1) is 13.8 Å². The Kier molecular flexibility index (Phi) is 3.03. The average Bonchev–Trinajstić information content (AvgIpc) is 2.38. The standard InChI is InChI=1S/C17H19NO/c1-11-7-8-13(12(2)9-11)17-10-15(18)14-5-3-4-6-16(14)19-17/h3-9,15,17H,10,18H2,1-2H3/t15-,17?/m1/s1. The van der Waals surface area contributed by atoms with Gasteiger partial charge >= 0.3 is 0 Å². The van der Waals surface area contributed by atoms with Crippen LogP contribution in [0.5, 0.6) is 5.75 Å². The molecule has 0 amide bonds. The molecule has 0 radical (unpaired) electrons. The molecule has 1 aliphatic rings. The molecular weight excluding hydrogens is 234 g/mol. The number of aryl methyl sites for hydroxylation is 2. The summed E-state index contributed by atoms with van der Waals surface area (Å²) in [4.78, 5) is 0. The molecule has 1 unspecified atom stereocenters. The van der Waals surface area contributed by atoms with Gasteiger partial charge in [0, 0.05) is 18.0 Å². The quantitative estimate of drug-likeness (QED) is 0.838. The maximum absolute atomic E-state index is 6.27. The number of para-hydroxylation sites is 1. The molecule has 0 fully saturated rings. The topological polar surface area (TPSA) is 35.2 Å². The van der Waals surface area contributed by atoms with Crippen LogP contribution >= 0.6 is 0 Å². The summed E-state index contributed by atoms with van der Waals surface area (Å²) in [6.45, 7) is 4.25. The van der Waals surface area contributed by atoms with E-state index in [-0.39, 0.29) is 12.1 Å². The van der Waals surface area contributed by atoms with Crippen molar-refractivity contribution in [2.45, 2.75) is 32.4 Å². The minimum absolute atomic E-state index is 0.0515. The van der Waals surface area contributed by atoms with Crippen molar-refractivity contribution in [3.05, 3.63) is 64.7 Å². The predicted octanol–water partition coefficient (Wildman–Crippen LogP) is 3.83. The van der Waals surface area contributed by atoms with Gasteiger partial charge in [-0.1, -0.05) is 42.0 Å². The molecule has 19 heavy (non-hydrogen) atoms. The monoisotopic (exact) mass is 253 g/mol. The van der Waals surface area contributed by atoms with E-state index in [1.54, 1.807) is 0 Å². The van der Waals surface area contributed by atoms with E-state index in [0.29, 0.717) is 0 Å². The molecule has 0 aromatic heterocycles. The fourth-order valence-electron chi connectivity index (χ4n) is 2.83. The first-order valence-corrected chi connectivity index (χ1v) is 6.73. The van der Waals surface area contributed by atoms with Gasteiger partial charge in [0.05, 0.1) is 0 Å². The summed E-state index contributed by atoms with van der Waals surface area (Å²) in [7, 11) is 0. The van der Waals surface area contributed by atoms with Crippen LogP contribution in [0.25, 0.3) is 0 Å². The first-order chi connectivity index (χ1) is 9.15. The number of nitrogens with two attached hydrogens (primary N) is 1. The van der Waals surface area contributed by atoms with Gasteiger partial charge in [-0.05, 0) is 31.0 Å². The minimum Gasteiger partial charge on any atom is -0.485 e. The third-order valence-electron chi connectivity index (χ3n) is 3.83. The molecule has 3 rings (SSSR count). The maximum atomic E-state index is 6.27. The van der Waals surface area contributed by atoms with Gasteiger partial charge in [0.1, 0.15) is 11.9 Å². The van der Waals surface area contributed by atoms with E-state index in [1.807, 2.05) is 18.2 Å². The summed E-state index contributed by atoms with van der Waals surface area (Å²) in [6.07, 6.45) is 0.895. The molecule has 2 N–H and O–H groups in total. The molecule has 1 aliphatic heterocycles. The lowest BCUT2D eigenvalue weighted by Gasteiger charge is -2.31. The smallest absolute Gasteiger partial charge is 0.126 e. The Morgan fingerprint density at radius 1 is 1.05 bits per heavy atom. The third-order valence-corrected chi connectivity index (χ3v) is 3.83. The summed E-state index contributed by atoms with van der Waals surface area (Å²) in [5.41, 5.74) is 11.2. The van der Waals surface area contributed by atoms with E-state index in [4.69, 9.17) is 10.5 Å². The van der Waals surface area contributed by atoms with Crippen LogP contribution in [0.3, 0.4) is 0 Å². The fraction of sp³-hybridized carbons (Fsp3) is 0.294. The Bertz CT molecular complexity index is 606. The first-order valence-electron chi connectivity index (χ1n) is 6.73. The number of benzene rings is 2. The lowest BCUT2D eigenvalue weighted by molar-refractivity contribution is 0.161. The van der Waals surface area contributed by atoms with E-state index < -0.39 is 0 Å². The zero-order chi connectivity index (χ0) is 13.4. The van der Waals surface area contributed by atoms with E-state index in [1.165, 1.54) is 16.7 Å². The van der Waals surface area contributed by atoms with Gasteiger partial charge < -0.3 is 10.5 Å². The average molecular weight is 253 g/mol. The summed E-state index contributed by atoms with van der Waals surface area (Å²) in [5.74, 6) is 0.922. The lowest BCUT2D eigenvalue weighted by atomic mass is 9.91. The minimum atomic E-state index is 0.0515. The molecule has 0 spiro atoms. The van der Waals surface area contributed by atoms with E-state index in [0.717, 1.165) is 17.7 Å². The molecule has 2 heteroatoms. The third kappa shape index (κ3) is 2.24. The van der Waals surface area contributed by atoms with Crippen molar-refractivity contribution in [3.8, 4) is 5.75 Å². The first kappa shape index (κ1) is 12.2. The molecule has 2 atom stereocenters.